The van der Waals surface area contributed by atoms with Gasteiger partial charge in [-0.15, -0.1) is 0 Å². The van der Waals surface area contributed by atoms with Gasteiger partial charge in [-0.1, -0.05) is 114 Å². The van der Waals surface area contributed by atoms with E-state index in [-0.39, 0.29) is 11.9 Å². The van der Waals surface area contributed by atoms with Gasteiger partial charge in [0.1, 0.15) is 11.6 Å². The van der Waals surface area contributed by atoms with Crippen molar-refractivity contribution in [2.24, 2.45) is 0 Å². The fraction of sp³-hybridized carbons (Fsp3) is 0.714. The van der Waals surface area contributed by atoms with E-state index >= 15 is 0 Å². The van der Waals surface area contributed by atoms with E-state index in [4.69, 9.17) is 0 Å². The summed E-state index contributed by atoms with van der Waals surface area (Å²) in [4.78, 5) is 45.3. The van der Waals surface area contributed by atoms with Gasteiger partial charge in [0.15, 0.2) is 0 Å². The molecule has 0 amide bonds. The Morgan fingerprint density at radius 2 is 0.667 bits per heavy atom. The smallest absolute Gasteiger partial charge is 0.305 e. The number of unbranched alkanes of at least 4 members (excludes halogenated alkanes) is 14. The molecule has 0 aliphatic carbocycles. The molecule has 48 heavy (non-hydrogen) atoms. The van der Waals surface area contributed by atoms with E-state index in [0.717, 1.165) is 64.2 Å². The molecule has 0 aromatic rings. The number of methoxy groups -OCH3 is 2. The van der Waals surface area contributed by atoms with Crippen LogP contribution in [0.4, 0.5) is 0 Å². The van der Waals surface area contributed by atoms with Crippen LogP contribution in [0.1, 0.15) is 181 Å². The van der Waals surface area contributed by atoms with Gasteiger partial charge in [-0.3, -0.25) is 19.2 Å². The first-order chi connectivity index (χ1) is 23.4. The van der Waals surface area contributed by atoms with Gasteiger partial charge in [0.05, 0.1) is 14.2 Å². The molecule has 0 unspecified atom stereocenters. The lowest BCUT2D eigenvalue weighted by molar-refractivity contribution is -0.141. The van der Waals surface area contributed by atoms with Gasteiger partial charge in [-0.25, -0.2) is 0 Å². The molecule has 0 bridgehead atoms. The Balaban J connectivity index is 0. The van der Waals surface area contributed by atoms with Crippen LogP contribution in [0.15, 0.2) is 48.6 Å². The van der Waals surface area contributed by atoms with Crippen molar-refractivity contribution in [3.05, 3.63) is 48.6 Å². The second-order valence-corrected chi connectivity index (χ2v) is 12.5. The average Bonchev–Trinajstić information content (AvgIpc) is 3.09. The Kier molecular flexibility index (Phi) is 39.9. The number of allylic oxidation sites excluding steroid dienone is 8. The zero-order valence-electron chi connectivity index (χ0n) is 31.5. The third-order valence-electron chi connectivity index (χ3n) is 8.00. The second kappa shape index (κ2) is 40.4. The van der Waals surface area contributed by atoms with E-state index in [0.29, 0.717) is 50.1 Å². The molecular weight excluding hydrogens is 600 g/mol. The van der Waals surface area contributed by atoms with E-state index in [1.54, 1.807) is 0 Å². The van der Waals surface area contributed by atoms with Crippen LogP contribution in [0.25, 0.3) is 0 Å². The van der Waals surface area contributed by atoms with Crippen LogP contribution in [-0.4, -0.2) is 37.7 Å². The molecule has 6 heteroatoms. The van der Waals surface area contributed by atoms with Crippen LogP contribution < -0.4 is 0 Å². The Morgan fingerprint density at radius 3 is 1.00 bits per heavy atom. The summed E-state index contributed by atoms with van der Waals surface area (Å²) in [7, 11) is 2.81. The molecule has 0 aromatic carbocycles. The van der Waals surface area contributed by atoms with Crippen molar-refractivity contribution in [3.63, 3.8) is 0 Å². The highest BCUT2D eigenvalue weighted by atomic mass is 16.5. The zero-order valence-corrected chi connectivity index (χ0v) is 31.5. The summed E-state index contributed by atoms with van der Waals surface area (Å²) in [5, 5.41) is 0. The van der Waals surface area contributed by atoms with E-state index < -0.39 is 0 Å². The predicted octanol–water partition coefficient (Wildman–Crippen LogP) is 11.9. The molecule has 6 nitrogen and oxygen atoms in total. The standard InChI is InChI=1S/2C21H36O3/c2*1-3-4-5-6-7-8-9-10-11-12-14-17-20(22)18-15-13-16-19-21(23)24-2/h2*8-11H,3-7,12-19H2,1-2H3. The number of rotatable bonds is 32. The molecule has 0 radical (unpaired) electrons. The number of carbonyl (C=O) groups excluding carboxylic acids is 4. The number of ketones is 2. The molecule has 0 atom stereocenters. The number of ether oxygens (including phenoxy) is 2. The Bertz CT molecular complexity index is 811. The monoisotopic (exact) mass is 673 g/mol. The molecule has 0 aliphatic heterocycles. The topological polar surface area (TPSA) is 86.7 Å². The molecule has 0 N–H and O–H groups in total. The molecule has 0 rings (SSSR count). The van der Waals surface area contributed by atoms with E-state index in [1.165, 1.54) is 78.4 Å². The summed E-state index contributed by atoms with van der Waals surface area (Å²) in [5.41, 5.74) is 0. The average molecular weight is 673 g/mol. The minimum absolute atomic E-state index is 0.164. The Morgan fingerprint density at radius 1 is 0.375 bits per heavy atom. The number of hydrogen-bond acceptors (Lipinski definition) is 6. The lowest BCUT2D eigenvalue weighted by Gasteiger charge is -2.01. The number of Topliss-reactive ketones (excluding diaryl/α,β-unsaturated/α-hetero) is 2. The fourth-order valence-corrected chi connectivity index (χ4v) is 4.90. The summed E-state index contributed by atoms with van der Waals surface area (Å²) in [6, 6.07) is 0. The maximum Gasteiger partial charge on any atom is 0.305 e. The third-order valence-corrected chi connectivity index (χ3v) is 8.00. The predicted molar refractivity (Wildman–Crippen MR) is 202 cm³/mol. The number of esters is 2. The van der Waals surface area contributed by atoms with Crippen LogP contribution in [0.2, 0.25) is 0 Å². The minimum atomic E-state index is -0.164. The second-order valence-electron chi connectivity index (χ2n) is 12.5. The lowest BCUT2D eigenvalue weighted by atomic mass is 10.1. The summed E-state index contributed by atoms with van der Waals surface area (Å²) in [5.74, 6) is 0.354. The van der Waals surface area contributed by atoms with Crippen LogP contribution in [0.5, 0.6) is 0 Å². The molecule has 0 saturated heterocycles. The van der Waals surface area contributed by atoms with Gasteiger partial charge in [0, 0.05) is 38.5 Å². The van der Waals surface area contributed by atoms with E-state index in [1.807, 2.05) is 0 Å². The Labute approximate surface area is 295 Å². The summed E-state index contributed by atoms with van der Waals surface area (Å²) in [6.45, 7) is 4.46. The normalized spacial score (nSPS) is 11.4. The molecule has 276 valence electrons. The van der Waals surface area contributed by atoms with Gasteiger partial charge in [-0.05, 0) is 77.0 Å². The first-order valence-corrected chi connectivity index (χ1v) is 19.2. The van der Waals surface area contributed by atoms with Crippen molar-refractivity contribution in [1.29, 1.82) is 0 Å². The molecule has 0 saturated carbocycles. The lowest BCUT2D eigenvalue weighted by Crippen LogP contribution is -2.00. The highest BCUT2D eigenvalue weighted by Crippen LogP contribution is 2.10. The highest BCUT2D eigenvalue weighted by Gasteiger charge is 2.04. The molecule has 0 fully saturated rings. The van der Waals surface area contributed by atoms with Gasteiger partial charge in [-0.2, -0.15) is 0 Å². The maximum absolute atomic E-state index is 11.7. The first-order valence-electron chi connectivity index (χ1n) is 19.2. The molecule has 0 aliphatic rings. The van der Waals surface area contributed by atoms with Crippen LogP contribution >= 0.6 is 0 Å². The molecule has 0 aromatic heterocycles. The van der Waals surface area contributed by atoms with Crippen LogP contribution in [0, 0.1) is 0 Å². The SMILES string of the molecule is CCCCCCC=CC=CCCCC(=O)CCCCCC(=O)OC.CCCCCCC=CC=CCCCC(=O)CCCCCC(=O)OC. The summed E-state index contributed by atoms with van der Waals surface area (Å²) in [6.07, 6.45) is 42.5. The van der Waals surface area contributed by atoms with Crippen molar-refractivity contribution in [2.75, 3.05) is 14.2 Å². The van der Waals surface area contributed by atoms with Crippen molar-refractivity contribution in [1.82, 2.24) is 0 Å². The zero-order chi connectivity index (χ0) is 35.8. The van der Waals surface area contributed by atoms with Crippen molar-refractivity contribution in [2.45, 2.75) is 181 Å². The minimum Gasteiger partial charge on any atom is -0.469 e. The van der Waals surface area contributed by atoms with E-state index in [9.17, 15) is 19.2 Å². The third kappa shape index (κ3) is 41.3. The molecular formula is C42H72O6. The van der Waals surface area contributed by atoms with Gasteiger partial charge >= 0.3 is 11.9 Å². The van der Waals surface area contributed by atoms with Crippen molar-refractivity contribution in [3.8, 4) is 0 Å². The fourth-order valence-electron chi connectivity index (χ4n) is 4.90. The van der Waals surface area contributed by atoms with Gasteiger partial charge in [0.25, 0.3) is 0 Å². The molecule has 0 heterocycles. The number of hydrogen-bond donors (Lipinski definition) is 0. The largest absolute Gasteiger partial charge is 0.469 e. The maximum atomic E-state index is 11.7. The quantitative estimate of drug-likeness (QED) is 0.0401. The Hall–Kier alpha value is -2.76. The molecule has 0 spiro atoms. The summed E-state index contributed by atoms with van der Waals surface area (Å²) < 4.78 is 9.17. The highest BCUT2D eigenvalue weighted by molar-refractivity contribution is 5.78. The van der Waals surface area contributed by atoms with Gasteiger partial charge < -0.3 is 9.47 Å². The van der Waals surface area contributed by atoms with E-state index in [2.05, 4.69) is 71.9 Å². The number of carbonyl (C=O) groups is 4. The van der Waals surface area contributed by atoms with Crippen molar-refractivity contribution >= 4 is 23.5 Å². The van der Waals surface area contributed by atoms with Crippen LogP contribution in [-0.2, 0) is 28.7 Å². The van der Waals surface area contributed by atoms with Gasteiger partial charge in [0.2, 0.25) is 0 Å². The first kappa shape index (κ1) is 47.4. The summed E-state index contributed by atoms with van der Waals surface area (Å²) >= 11 is 0. The van der Waals surface area contributed by atoms with Crippen molar-refractivity contribution < 1.29 is 28.7 Å². The van der Waals surface area contributed by atoms with Crippen LogP contribution in [0.3, 0.4) is 0 Å².